The Bertz CT molecular complexity index is 675. The number of aliphatic imine (C=N–C) groups is 1. The van der Waals surface area contributed by atoms with E-state index >= 15 is 0 Å². The molecule has 0 unspecified atom stereocenters. The summed E-state index contributed by atoms with van der Waals surface area (Å²) in [5, 5.41) is 3.83. The second-order valence-corrected chi connectivity index (χ2v) is 5.62. The predicted molar refractivity (Wildman–Crippen MR) is 107 cm³/mol. The van der Waals surface area contributed by atoms with Gasteiger partial charge >= 0.3 is 6.55 Å². The van der Waals surface area contributed by atoms with Gasteiger partial charge in [-0.3, -0.25) is 4.57 Å². The van der Waals surface area contributed by atoms with Crippen LogP contribution in [0.5, 0.6) is 0 Å². The highest BCUT2D eigenvalue weighted by Gasteiger charge is 2.12. The maximum absolute atomic E-state index is 12.8. The average molecular weight is 484 g/mol. The first-order valence-corrected chi connectivity index (χ1v) is 7.92. The Balaban J connectivity index is 0.00000312. The molecular weight excluding hydrogens is 463 g/mol. The van der Waals surface area contributed by atoms with E-state index in [1.165, 1.54) is 12.4 Å². The van der Waals surface area contributed by atoms with E-state index in [2.05, 4.69) is 15.3 Å². The number of benzene rings is 1. The number of imidazole rings is 1. The van der Waals surface area contributed by atoms with Gasteiger partial charge in [0.2, 0.25) is 0 Å². The Morgan fingerprint density at radius 2 is 2.04 bits per heavy atom. The molecule has 1 aromatic carbocycles. The Kier molecular flexibility index (Phi) is 9.12. The van der Waals surface area contributed by atoms with Crippen LogP contribution in [0.2, 0.25) is 5.02 Å². The van der Waals surface area contributed by atoms with Crippen LogP contribution in [0, 0.1) is 0 Å². The van der Waals surface area contributed by atoms with E-state index in [0.29, 0.717) is 24.1 Å². The van der Waals surface area contributed by atoms with Crippen LogP contribution >= 0.6 is 35.6 Å². The summed E-state index contributed by atoms with van der Waals surface area (Å²) in [6.45, 7) is 0.697. The molecule has 0 bridgehead atoms. The molecule has 2 rings (SSSR count). The van der Waals surface area contributed by atoms with Gasteiger partial charge in [-0.15, -0.1) is 24.0 Å². The van der Waals surface area contributed by atoms with Crippen LogP contribution in [-0.4, -0.2) is 34.0 Å². The SMILES string of the molecule is CCNC(=NCc1nccn1C(F)F)N(C)Cc1ccc(Cl)cc1.I. The van der Waals surface area contributed by atoms with Crippen LogP contribution < -0.4 is 5.32 Å². The van der Waals surface area contributed by atoms with Crippen molar-refractivity contribution in [3.8, 4) is 0 Å². The molecule has 0 saturated carbocycles. The smallest absolute Gasteiger partial charge is 0.319 e. The van der Waals surface area contributed by atoms with Crippen LogP contribution in [0.3, 0.4) is 0 Å². The topological polar surface area (TPSA) is 45.5 Å². The van der Waals surface area contributed by atoms with Crippen molar-refractivity contribution >= 4 is 41.5 Å². The third-order valence-corrected chi connectivity index (χ3v) is 3.61. The standard InChI is InChI=1S/C16H20ClF2N5.HI/c1-3-20-16(22-10-14-21-8-9-24(14)15(18)19)23(2)11-12-4-6-13(17)7-5-12;/h4-9,15H,3,10-11H2,1-2H3,(H,20,22);1H. The van der Waals surface area contributed by atoms with E-state index in [0.717, 1.165) is 10.1 Å². The summed E-state index contributed by atoms with van der Waals surface area (Å²) in [5.74, 6) is 0.844. The molecule has 0 saturated heterocycles. The molecule has 138 valence electrons. The third-order valence-electron chi connectivity index (χ3n) is 3.36. The lowest BCUT2D eigenvalue weighted by Crippen LogP contribution is -2.38. The second kappa shape index (κ2) is 10.5. The molecule has 0 atom stereocenters. The van der Waals surface area contributed by atoms with Crippen LogP contribution in [0.15, 0.2) is 41.7 Å². The molecule has 0 amide bonds. The lowest BCUT2D eigenvalue weighted by atomic mass is 10.2. The number of halogens is 4. The quantitative estimate of drug-likeness (QED) is 0.381. The van der Waals surface area contributed by atoms with E-state index in [-0.39, 0.29) is 36.3 Å². The van der Waals surface area contributed by atoms with Gasteiger partial charge < -0.3 is 10.2 Å². The predicted octanol–water partition coefficient (Wildman–Crippen LogP) is 4.15. The highest BCUT2D eigenvalue weighted by molar-refractivity contribution is 14.0. The van der Waals surface area contributed by atoms with E-state index in [1.54, 1.807) is 0 Å². The van der Waals surface area contributed by atoms with Gasteiger partial charge in [-0.05, 0) is 24.6 Å². The molecule has 0 aliphatic heterocycles. The number of hydrogen-bond donors (Lipinski definition) is 1. The average Bonchev–Trinajstić information content (AvgIpc) is 3.02. The minimum Gasteiger partial charge on any atom is -0.357 e. The highest BCUT2D eigenvalue weighted by atomic mass is 127. The fourth-order valence-electron chi connectivity index (χ4n) is 2.20. The zero-order chi connectivity index (χ0) is 17.5. The summed E-state index contributed by atoms with van der Waals surface area (Å²) in [7, 11) is 1.88. The molecule has 5 nitrogen and oxygen atoms in total. The van der Waals surface area contributed by atoms with Gasteiger partial charge in [0.15, 0.2) is 5.96 Å². The monoisotopic (exact) mass is 483 g/mol. The first kappa shape index (κ1) is 21.6. The lowest BCUT2D eigenvalue weighted by molar-refractivity contribution is 0.0671. The maximum Gasteiger partial charge on any atom is 0.319 e. The van der Waals surface area contributed by atoms with Crippen molar-refractivity contribution in [2.24, 2.45) is 4.99 Å². The number of rotatable bonds is 6. The van der Waals surface area contributed by atoms with Crippen molar-refractivity contribution in [1.29, 1.82) is 0 Å². The van der Waals surface area contributed by atoms with Crippen LogP contribution in [0.25, 0.3) is 0 Å². The zero-order valence-electron chi connectivity index (χ0n) is 14.0. The van der Waals surface area contributed by atoms with Crippen molar-refractivity contribution in [3.05, 3.63) is 53.1 Å². The van der Waals surface area contributed by atoms with Gasteiger partial charge in [0.1, 0.15) is 12.4 Å². The number of hydrogen-bond acceptors (Lipinski definition) is 2. The Hall–Kier alpha value is -1.42. The number of nitrogens with zero attached hydrogens (tertiary/aromatic N) is 4. The summed E-state index contributed by atoms with van der Waals surface area (Å²) in [4.78, 5) is 10.3. The molecule has 2 aromatic rings. The van der Waals surface area contributed by atoms with Crippen LogP contribution in [0.1, 0.15) is 24.9 Å². The fourth-order valence-corrected chi connectivity index (χ4v) is 2.32. The Morgan fingerprint density at radius 3 is 2.64 bits per heavy atom. The van der Waals surface area contributed by atoms with Gasteiger partial charge in [-0.25, -0.2) is 9.98 Å². The van der Waals surface area contributed by atoms with E-state index in [1.807, 2.05) is 43.1 Å². The normalized spacial score (nSPS) is 11.4. The van der Waals surface area contributed by atoms with Crippen molar-refractivity contribution < 1.29 is 8.78 Å². The summed E-state index contributed by atoms with van der Waals surface area (Å²) in [6.07, 6.45) is 2.60. The number of aromatic nitrogens is 2. The minimum atomic E-state index is -2.62. The molecule has 9 heteroatoms. The molecule has 1 heterocycles. The molecule has 1 N–H and O–H groups in total. The minimum absolute atomic E-state index is 0. The second-order valence-electron chi connectivity index (χ2n) is 5.18. The summed E-state index contributed by atoms with van der Waals surface area (Å²) in [6, 6.07) is 7.53. The van der Waals surface area contributed by atoms with Crippen molar-refractivity contribution in [2.75, 3.05) is 13.6 Å². The maximum atomic E-state index is 12.8. The number of alkyl halides is 2. The first-order valence-electron chi connectivity index (χ1n) is 7.55. The molecule has 0 spiro atoms. The summed E-state index contributed by atoms with van der Waals surface area (Å²) in [5.41, 5.74) is 1.07. The highest BCUT2D eigenvalue weighted by Crippen LogP contribution is 2.14. The molecule has 0 aliphatic carbocycles. The van der Waals surface area contributed by atoms with E-state index in [4.69, 9.17) is 11.6 Å². The van der Waals surface area contributed by atoms with Crippen LogP contribution in [0.4, 0.5) is 8.78 Å². The largest absolute Gasteiger partial charge is 0.357 e. The Labute approximate surface area is 168 Å². The van der Waals surface area contributed by atoms with Gasteiger partial charge in [-0.2, -0.15) is 8.78 Å². The molecule has 0 aliphatic rings. The first-order chi connectivity index (χ1) is 11.5. The Morgan fingerprint density at radius 1 is 1.36 bits per heavy atom. The van der Waals surface area contributed by atoms with Crippen molar-refractivity contribution in [1.82, 2.24) is 19.8 Å². The van der Waals surface area contributed by atoms with Crippen LogP contribution in [-0.2, 0) is 13.1 Å². The van der Waals surface area contributed by atoms with E-state index < -0.39 is 6.55 Å². The van der Waals surface area contributed by atoms with Gasteiger partial charge in [0.25, 0.3) is 0 Å². The molecular formula is C16H21ClF2IN5. The number of guanidine groups is 1. The van der Waals surface area contributed by atoms with Crippen molar-refractivity contribution in [3.63, 3.8) is 0 Å². The van der Waals surface area contributed by atoms with Gasteiger partial charge in [0.05, 0.1) is 0 Å². The zero-order valence-corrected chi connectivity index (χ0v) is 17.1. The van der Waals surface area contributed by atoms with Gasteiger partial charge in [-0.1, -0.05) is 23.7 Å². The molecule has 25 heavy (non-hydrogen) atoms. The summed E-state index contributed by atoms with van der Waals surface area (Å²) < 4.78 is 26.5. The molecule has 1 aromatic heterocycles. The third kappa shape index (κ3) is 6.43. The summed E-state index contributed by atoms with van der Waals surface area (Å²) >= 11 is 5.89. The number of nitrogens with one attached hydrogen (secondary N) is 1. The van der Waals surface area contributed by atoms with Crippen molar-refractivity contribution in [2.45, 2.75) is 26.6 Å². The lowest BCUT2D eigenvalue weighted by Gasteiger charge is -2.22. The van der Waals surface area contributed by atoms with E-state index in [9.17, 15) is 8.78 Å². The van der Waals surface area contributed by atoms with Gasteiger partial charge in [0, 0.05) is 37.6 Å². The molecule has 0 fully saturated rings. The molecule has 0 radical (unpaired) electrons. The fraction of sp³-hybridized carbons (Fsp3) is 0.375.